The second-order valence-electron chi connectivity index (χ2n) is 5.11. The van der Waals surface area contributed by atoms with Gasteiger partial charge in [0.05, 0.1) is 5.56 Å². The molecule has 0 aliphatic carbocycles. The summed E-state index contributed by atoms with van der Waals surface area (Å²) in [6.07, 6.45) is 2.06. The minimum atomic E-state index is -0.119. The van der Waals surface area contributed by atoms with E-state index in [1.807, 2.05) is 4.90 Å². The molecule has 0 bridgehead atoms. The zero-order chi connectivity index (χ0) is 13.3. The third kappa shape index (κ3) is 2.46. The van der Waals surface area contributed by atoms with E-state index in [1.54, 1.807) is 6.07 Å². The fraction of sp³-hybridized carbons (Fsp3) is 0.500. The first kappa shape index (κ1) is 13.2. The second kappa shape index (κ2) is 5.19. The zero-order valence-electron chi connectivity index (χ0n) is 10.7. The van der Waals surface area contributed by atoms with Crippen molar-refractivity contribution < 1.29 is 9.90 Å². The van der Waals surface area contributed by atoms with Crippen LogP contribution in [0.3, 0.4) is 0 Å². The summed E-state index contributed by atoms with van der Waals surface area (Å²) in [6.45, 7) is 5.00. The van der Waals surface area contributed by atoms with Crippen molar-refractivity contribution in [2.24, 2.45) is 5.92 Å². The van der Waals surface area contributed by atoms with Gasteiger partial charge in [-0.15, -0.1) is 0 Å². The fourth-order valence-electron chi connectivity index (χ4n) is 2.57. The molecule has 1 fully saturated rings. The Bertz CT molecular complexity index is 459. The highest BCUT2D eigenvalue weighted by molar-refractivity contribution is 6.31. The minimum Gasteiger partial charge on any atom is -0.507 e. The molecule has 1 N–H and O–H groups in total. The number of rotatable bonds is 2. The van der Waals surface area contributed by atoms with Gasteiger partial charge in [-0.1, -0.05) is 25.4 Å². The monoisotopic (exact) mass is 267 g/mol. The van der Waals surface area contributed by atoms with Gasteiger partial charge in [-0.2, -0.15) is 0 Å². The van der Waals surface area contributed by atoms with Crippen molar-refractivity contribution in [1.82, 2.24) is 4.90 Å². The lowest BCUT2D eigenvalue weighted by molar-refractivity contribution is 0.0698. The number of hydrogen-bond donors (Lipinski definition) is 1. The topological polar surface area (TPSA) is 40.5 Å². The summed E-state index contributed by atoms with van der Waals surface area (Å²) in [7, 11) is 0. The molecule has 1 amide bonds. The predicted octanol–water partition coefficient (Wildman–Crippen LogP) is 3.31. The van der Waals surface area contributed by atoms with E-state index in [0.717, 1.165) is 19.4 Å². The molecular formula is C14H18ClNO2. The number of amides is 1. The molecule has 18 heavy (non-hydrogen) atoms. The van der Waals surface area contributed by atoms with E-state index >= 15 is 0 Å². The van der Waals surface area contributed by atoms with E-state index < -0.39 is 0 Å². The molecule has 0 radical (unpaired) electrons. The van der Waals surface area contributed by atoms with E-state index in [0.29, 0.717) is 16.5 Å². The van der Waals surface area contributed by atoms with Gasteiger partial charge in [0.25, 0.3) is 5.91 Å². The first-order valence-electron chi connectivity index (χ1n) is 6.30. The zero-order valence-corrected chi connectivity index (χ0v) is 11.4. The average Bonchev–Trinajstić information content (AvgIpc) is 2.80. The van der Waals surface area contributed by atoms with Gasteiger partial charge in [0.2, 0.25) is 0 Å². The first-order valence-corrected chi connectivity index (χ1v) is 6.68. The highest BCUT2D eigenvalue weighted by atomic mass is 35.5. The van der Waals surface area contributed by atoms with Gasteiger partial charge in [-0.25, -0.2) is 0 Å². The van der Waals surface area contributed by atoms with E-state index in [4.69, 9.17) is 11.6 Å². The maximum absolute atomic E-state index is 12.4. The second-order valence-corrected chi connectivity index (χ2v) is 5.55. The summed E-state index contributed by atoms with van der Waals surface area (Å²) < 4.78 is 0. The smallest absolute Gasteiger partial charge is 0.257 e. The van der Waals surface area contributed by atoms with Crippen LogP contribution in [0.4, 0.5) is 0 Å². The summed E-state index contributed by atoms with van der Waals surface area (Å²) >= 11 is 5.88. The molecule has 0 aromatic heterocycles. The van der Waals surface area contributed by atoms with Crippen LogP contribution in [0.25, 0.3) is 0 Å². The van der Waals surface area contributed by atoms with Gasteiger partial charge in [0, 0.05) is 17.6 Å². The largest absolute Gasteiger partial charge is 0.507 e. The third-order valence-corrected chi connectivity index (χ3v) is 3.75. The lowest BCUT2D eigenvalue weighted by Gasteiger charge is -2.28. The third-order valence-electron chi connectivity index (χ3n) is 3.52. The van der Waals surface area contributed by atoms with Gasteiger partial charge >= 0.3 is 0 Å². The lowest BCUT2D eigenvalue weighted by atomic mass is 10.0. The number of nitrogens with zero attached hydrogens (tertiary/aromatic N) is 1. The fourth-order valence-corrected chi connectivity index (χ4v) is 2.74. The Hall–Kier alpha value is -1.22. The van der Waals surface area contributed by atoms with E-state index in [9.17, 15) is 9.90 Å². The van der Waals surface area contributed by atoms with Gasteiger partial charge in [0.1, 0.15) is 5.75 Å². The van der Waals surface area contributed by atoms with Crippen LogP contribution in [0.5, 0.6) is 5.75 Å². The molecule has 1 atom stereocenters. The number of halogens is 1. The Morgan fingerprint density at radius 3 is 2.89 bits per heavy atom. The summed E-state index contributed by atoms with van der Waals surface area (Å²) in [4.78, 5) is 14.3. The van der Waals surface area contributed by atoms with Crippen molar-refractivity contribution in [2.45, 2.75) is 32.7 Å². The number of phenols is 1. The Morgan fingerprint density at radius 1 is 1.50 bits per heavy atom. The number of phenolic OH excluding ortho intramolecular Hbond substituents is 1. The normalized spacial score (nSPS) is 19.6. The Kier molecular flexibility index (Phi) is 3.81. The van der Waals surface area contributed by atoms with Crippen molar-refractivity contribution in [1.29, 1.82) is 0 Å². The molecule has 1 aliphatic heterocycles. The number of benzene rings is 1. The van der Waals surface area contributed by atoms with E-state index in [1.165, 1.54) is 12.1 Å². The van der Waals surface area contributed by atoms with Crippen LogP contribution in [0.15, 0.2) is 18.2 Å². The molecule has 2 rings (SSSR count). The molecule has 1 heterocycles. The predicted molar refractivity (Wildman–Crippen MR) is 72.0 cm³/mol. The quantitative estimate of drug-likeness (QED) is 0.893. The molecule has 3 nitrogen and oxygen atoms in total. The average molecular weight is 268 g/mol. The molecule has 4 heteroatoms. The molecule has 0 spiro atoms. The van der Waals surface area contributed by atoms with Crippen LogP contribution in [-0.4, -0.2) is 28.5 Å². The number of aromatic hydroxyl groups is 1. The lowest BCUT2D eigenvalue weighted by Crippen LogP contribution is -2.38. The molecular weight excluding hydrogens is 250 g/mol. The molecule has 1 aromatic rings. The SMILES string of the molecule is CC(C)C1CCCN1C(=O)c1cc(Cl)ccc1O. The number of carbonyl (C=O) groups is 1. The van der Waals surface area contributed by atoms with Crippen molar-refractivity contribution in [3.63, 3.8) is 0 Å². The summed E-state index contributed by atoms with van der Waals surface area (Å²) in [5.74, 6) is 0.308. The van der Waals surface area contributed by atoms with Gasteiger partial charge in [-0.3, -0.25) is 4.79 Å². The van der Waals surface area contributed by atoms with Crippen LogP contribution in [0, 0.1) is 5.92 Å². The number of likely N-dealkylation sites (tertiary alicyclic amines) is 1. The van der Waals surface area contributed by atoms with Crippen molar-refractivity contribution in [3.8, 4) is 5.75 Å². The van der Waals surface area contributed by atoms with Crippen molar-refractivity contribution >= 4 is 17.5 Å². The highest BCUT2D eigenvalue weighted by Crippen LogP contribution is 2.29. The molecule has 1 aromatic carbocycles. The molecule has 1 unspecified atom stereocenters. The van der Waals surface area contributed by atoms with E-state index in [-0.39, 0.29) is 17.7 Å². The van der Waals surface area contributed by atoms with Crippen molar-refractivity contribution in [2.75, 3.05) is 6.54 Å². The van der Waals surface area contributed by atoms with Crippen LogP contribution in [0.2, 0.25) is 5.02 Å². The van der Waals surface area contributed by atoms with Gasteiger partial charge < -0.3 is 10.0 Å². The van der Waals surface area contributed by atoms with E-state index in [2.05, 4.69) is 13.8 Å². The molecule has 1 aliphatic rings. The number of hydrogen-bond acceptors (Lipinski definition) is 2. The molecule has 0 saturated carbocycles. The van der Waals surface area contributed by atoms with Crippen LogP contribution >= 0.6 is 11.6 Å². The van der Waals surface area contributed by atoms with Gasteiger partial charge in [0.15, 0.2) is 0 Å². The number of carbonyl (C=O) groups excluding carboxylic acids is 1. The maximum Gasteiger partial charge on any atom is 0.257 e. The van der Waals surface area contributed by atoms with Crippen LogP contribution < -0.4 is 0 Å². The Balaban J connectivity index is 2.28. The maximum atomic E-state index is 12.4. The standard InChI is InChI=1S/C14H18ClNO2/c1-9(2)12-4-3-7-16(12)14(18)11-8-10(15)5-6-13(11)17/h5-6,8-9,12,17H,3-4,7H2,1-2H3. The van der Waals surface area contributed by atoms with Gasteiger partial charge in [-0.05, 0) is 37.0 Å². The summed E-state index contributed by atoms with van der Waals surface area (Å²) in [5, 5.41) is 10.3. The minimum absolute atomic E-state index is 0.00111. The Labute approximate surface area is 112 Å². The molecule has 1 saturated heterocycles. The molecule has 98 valence electrons. The summed E-state index contributed by atoms with van der Waals surface area (Å²) in [6, 6.07) is 4.85. The van der Waals surface area contributed by atoms with Crippen molar-refractivity contribution in [3.05, 3.63) is 28.8 Å². The summed E-state index contributed by atoms with van der Waals surface area (Å²) in [5.41, 5.74) is 0.301. The van der Waals surface area contributed by atoms with Crippen LogP contribution in [-0.2, 0) is 0 Å². The first-order chi connectivity index (χ1) is 8.50. The Morgan fingerprint density at radius 2 is 2.22 bits per heavy atom. The highest BCUT2D eigenvalue weighted by Gasteiger charge is 2.32. The van der Waals surface area contributed by atoms with Crippen LogP contribution in [0.1, 0.15) is 37.0 Å².